The Kier molecular flexibility index (Phi) is 3.40. The van der Waals surface area contributed by atoms with E-state index in [0.717, 1.165) is 24.3 Å². The summed E-state index contributed by atoms with van der Waals surface area (Å²) in [4.78, 5) is 10.5. The second-order valence-corrected chi connectivity index (χ2v) is 4.92. The second-order valence-electron chi connectivity index (χ2n) is 4.92. The van der Waals surface area contributed by atoms with Crippen LogP contribution in [-0.4, -0.2) is 41.4 Å². The molecule has 5 nitrogen and oxygen atoms in total. The highest BCUT2D eigenvalue weighted by Crippen LogP contribution is 2.30. The second kappa shape index (κ2) is 5.20. The van der Waals surface area contributed by atoms with Gasteiger partial charge < -0.3 is 14.7 Å². The molecular weight excluding hydrogens is 261 g/mol. The van der Waals surface area contributed by atoms with Gasteiger partial charge in [0, 0.05) is 24.5 Å². The summed E-state index contributed by atoms with van der Waals surface area (Å²) in [6.07, 6.45) is 2.62. The number of halogens is 1. The molecule has 1 fully saturated rings. The van der Waals surface area contributed by atoms with Gasteiger partial charge in [-0.1, -0.05) is 0 Å². The van der Waals surface area contributed by atoms with Crippen molar-refractivity contribution in [1.82, 2.24) is 9.97 Å². The molecule has 6 heteroatoms. The van der Waals surface area contributed by atoms with Gasteiger partial charge in [0.1, 0.15) is 12.1 Å². The molecule has 0 aliphatic carbocycles. The SMILES string of the molecule is COc1cc2c(N3CCC(O)CC3)ncnc2cc1F. The van der Waals surface area contributed by atoms with E-state index in [1.54, 1.807) is 6.07 Å². The topological polar surface area (TPSA) is 58.5 Å². The fraction of sp³-hybridized carbons (Fsp3) is 0.429. The molecule has 1 aliphatic rings. The summed E-state index contributed by atoms with van der Waals surface area (Å²) in [5.41, 5.74) is 0.555. The van der Waals surface area contributed by atoms with Gasteiger partial charge in [-0.15, -0.1) is 0 Å². The maximum atomic E-state index is 13.7. The first-order valence-corrected chi connectivity index (χ1v) is 6.60. The van der Waals surface area contributed by atoms with E-state index in [4.69, 9.17) is 4.74 Å². The number of aliphatic hydroxyl groups excluding tert-OH is 1. The fourth-order valence-electron chi connectivity index (χ4n) is 2.53. The Labute approximate surface area is 116 Å². The van der Waals surface area contributed by atoms with Gasteiger partial charge in [-0.3, -0.25) is 0 Å². The largest absolute Gasteiger partial charge is 0.494 e. The van der Waals surface area contributed by atoms with Crippen LogP contribution in [0.1, 0.15) is 12.8 Å². The summed E-state index contributed by atoms with van der Waals surface area (Å²) in [6.45, 7) is 1.46. The zero-order valence-corrected chi connectivity index (χ0v) is 11.2. The highest BCUT2D eigenvalue weighted by atomic mass is 19.1. The quantitative estimate of drug-likeness (QED) is 0.906. The average molecular weight is 277 g/mol. The van der Waals surface area contributed by atoms with Crippen molar-refractivity contribution >= 4 is 16.7 Å². The number of hydrogen-bond donors (Lipinski definition) is 1. The number of fused-ring (bicyclic) bond motifs is 1. The molecule has 0 saturated carbocycles. The molecule has 0 unspecified atom stereocenters. The van der Waals surface area contributed by atoms with Gasteiger partial charge in [0.25, 0.3) is 0 Å². The number of rotatable bonds is 2. The summed E-state index contributed by atoms with van der Waals surface area (Å²) in [5, 5.41) is 10.3. The third-order valence-corrected chi connectivity index (χ3v) is 3.65. The van der Waals surface area contributed by atoms with Crippen LogP contribution in [0.2, 0.25) is 0 Å². The van der Waals surface area contributed by atoms with Gasteiger partial charge in [-0.05, 0) is 18.9 Å². The van der Waals surface area contributed by atoms with E-state index >= 15 is 0 Å². The number of anilines is 1. The van der Waals surface area contributed by atoms with Crippen molar-refractivity contribution in [3.63, 3.8) is 0 Å². The van der Waals surface area contributed by atoms with Crippen molar-refractivity contribution in [3.05, 3.63) is 24.3 Å². The molecule has 0 bridgehead atoms. The Balaban J connectivity index is 2.06. The molecule has 3 rings (SSSR count). The molecule has 1 saturated heterocycles. The minimum atomic E-state index is -0.432. The molecule has 0 amide bonds. The standard InChI is InChI=1S/C14H16FN3O2/c1-20-13-6-10-12(7-11(13)15)16-8-17-14(10)18-4-2-9(19)3-5-18/h6-9,19H,2-5H2,1H3. The van der Waals surface area contributed by atoms with Gasteiger partial charge in [-0.25, -0.2) is 14.4 Å². The van der Waals surface area contributed by atoms with Crippen LogP contribution in [-0.2, 0) is 0 Å². The fourth-order valence-corrected chi connectivity index (χ4v) is 2.53. The highest BCUT2D eigenvalue weighted by Gasteiger charge is 2.20. The molecular formula is C14H16FN3O2. The number of nitrogens with zero attached hydrogens (tertiary/aromatic N) is 3. The lowest BCUT2D eigenvalue weighted by Gasteiger charge is -2.31. The van der Waals surface area contributed by atoms with Gasteiger partial charge >= 0.3 is 0 Å². The van der Waals surface area contributed by atoms with Crippen molar-refractivity contribution in [2.24, 2.45) is 0 Å². The van der Waals surface area contributed by atoms with Gasteiger partial charge in [0.05, 0.1) is 18.7 Å². The van der Waals surface area contributed by atoms with Crippen LogP contribution in [0.3, 0.4) is 0 Å². The number of aromatic nitrogens is 2. The van der Waals surface area contributed by atoms with Crippen molar-refractivity contribution in [2.75, 3.05) is 25.1 Å². The van der Waals surface area contributed by atoms with Crippen LogP contribution in [0.25, 0.3) is 10.9 Å². The molecule has 20 heavy (non-hydrogen) atoms. The zero-order chi connectivity index (χ0) is 14.1. The van der Waals surface area contributed by atoms with Crippen LogP contribution in [0, 0.1) is 5.82 Å². The molecule has 0 spiro atoms. The molecule has 1 aromatic heterocycles. The Morgan fingerprint density at radius 1 is 1.30 bits per heavy atom. The number of ether oxygens (including phenoxy) is 1. The first-order chi connectivity index (χ1) is 9.69. The molecule has 0 atom stereocenters. The number of hydrogen-bond acceptors (Lipinski definition) is 5. The minimum absolute atomic E-state index is 0.186. The van der Waals surface area contributed by atoms with E-state index in [1.807, 2.05) is 0 Å². The highest BCUT2D eigenvalue weighted by molar-refractivity contribution is 5.90. The van der Waals surface area contributed by atoms with Crippen LogP contribution < -0.4 is 9.64 Å². The predicted molar refractivity (Wildman–Crippen MR) is 73.5 cm³/mol. The first-order valence-electron chi connectivity index (χ1n) is 6.60. The number of aliphatic hydroxyl groups is 1. The first kappa shape index (κ1) is 13.1. The molecule has 106 valence electrons. The molecule has 1 aliphatic heterocycles. The van der Waals surface area contributed by atoms with Crippen LogP contribution >= 0.6 is 0 Å². The van der Waals surface area contributed by atoms with E-state index in [-0.39, 0.29) is 11.9 Å². The Morgan fingerprint density at radius 2 is 2.05 bits per heavy atom. The van der Waals surface area contributed by atoms with Gasteiger partial charge in [0.15, 0.2) is 11.6 Å². The van der Waals surface area contributed by atoms with E-state index in [1.165, 1.54) is 19.5 Å². The maximum absolute atomic E-state index is 13.7. The van der Waals surface area contributed by atoms with E-state index in [2.05, 4.69) is 14.9 Å². The summed E-state index contributed by atoms with van der Waals surface area (Å²) < 4.78 is 18.7. The lowest BCUT2D eigenvalue weighted by atomic mass is 10.1. The van der Waals surface area contributed by atoms with Gasteiger partial charge in [-0.2, -0.15) is 0 Å². The number of piperidine rings is 1. The molecule has 1 N–H and O–H groups in total. The van der Waals surface area contributed by atoms with E-state index in [9.17, 15) is 9.50 Å². The number of benzene rings is 1. The predicted octanol–water partition coefficient (Wildman–Crippen LogP) is 1.74. The lowest BCUT2D eigenvalue weighted by molar-refractivity contribution is 0.145. The van der Waals surface area contributed by atoms with E-state index in [0.29, 0.717) is 18.4 Å². The Hall–Kier alpha value is -1.95. The molecule has 0 radical (unpaired) electrons. The average Bonchev–Trinajstić information content (AvgIpc) is 2.46. The summed E-state index contributed by atoms with van der Waals surface area (Å²) in [6, 6.07) is 2.99. The van der Waals surface area contributed by atoms with Crippen molar-refractivity contribution in [3.8, 4) is 5.75 Å². The molecule has 1 aromatic carbocycles. The van der Waals surface area contributed by atoms with Crippen LogP contribution in [0.4, 0.5) is 10.2 Å². The normalized spacial score (nSPS) is 16.6. The van der Waals surface area contributed by atoms with Crippen LogP contribution in [0.5, 0.6) is 5.75 Å². The maximum Gasteiger partial charge on any atom is 0.167 e. The van der Waals surface area contributed by atoms with Crippen LogP contribution in [0.15, 0.2) is 18.5 Å². The third kappa shape index (κ3) is 2.27. The van der Waals surface area contributed by atoms with Crippen molar-refractivity contribution < 1.29 is 14.2 Å². The summed E-state index contributed by atoms with van der Waals surface area (Å²) >= 11 is 0. The van der Waals surface area contributed by atoms with Crippen molar-refractivity contribution in [2.45, 2.75) is 18.9 Å². The van der Waals surface area contributed by atoms with E-state index < -0.39 is 5.82 Å². The molecule has 2 aromatic rings. The minimum Gasteiger partial charge on any atom is -0.494 e. The third-order valence-electron chi connectivity index (χ3n) is 3.65. The number of methoxy groups -OCH3 is 1. The Morgan fingerprint density at radius 3 is 2.75 bits per heavy atom. The summed E-state index contributed by atoms with van der Waals surface area (Å²) in [7, 11) is 1.44. The zero-order valence-electron chi connectivity index (χ0n) is 11.2. The van der Waals surface area contributed by atoms with Gasteiger partial charge in [0.2, 0.25) is 0 Å². The molecule has 2 heterocycles. The van der Waals surface area contributed by atoms with Crippen molar-refractivity contribution in [1.29, 1.82) is 0 Å². The summed E-state index contributed by atoms with van der Waals surface area (Å²) in [5.74, 6) is 0.518. The smallest absolute Gasteiger partial charge is 0.167 e. The monoisotopic (exact) mass is 277 g/mol. The Bertz CT molecular complexity index is 627. The lowest BCUT2D eigenvalue weighted by Crippen LogP contribution is -2.36.